The first-order valence-corrected chi connectivity index (χ1v) is 12.8. The summed E-state index contributed by atoms with van der Waals surface area (Å²) in [6, 6.07) is 16.6. The van der Waals surface area contributed by atoms with Crippen LogP contribution in [0.3, 0.4) is 0 Å². The molecule has 2 N–H and O–H groups in total. The molecule has 1 saturated heterocycles. The fraction of sp³-hybridized carbons (Fsp3) is 0.458. The van der Waals surface area contributed by atoms with Gasteiger partial charge in [-0.2, -0.15) is 0 Å². The van der Waals surface area contributed by atoms with Gasteiger partial charge < -0.3 is 10.6 Å². The van der Waals surface area contributed by atoms with Crippen molar-refractivity contribution in [3.05, 3.63) is 65.2 Å². The Labute approximate surface area is 209 Å². The van der Waals surface area contributed by atoms with E-state index in [1.807, 2.05) is 19.1 Å². The Kier molecular flexibility index (Phi) is 10.4. The van der Waals surface area contributed by atoms with Gasteiger partial charge in [0.15, 0.2) is 15.8 Å². The molecule has 2 aromatic rings. The third kappa shape index (κ3) is 7.74. The van der Waals surface area contributed by atoms with Gasteiger partial charge in [-0.15, -0.1) is 24.0 Å². The van der Waals surface area contributed by atoms with E-state index in [0.717, 1.165) is 36.7 Å². The van der Waals surface area contributed by atoms with Gasteiger partial charge in [-0.1, -0.05) is 48.9 Å². The number of halogens is 1. The molecule has 1 aliphatic rings. The lowest BCUT2D eigenvalue weighted by Crippen LogP contribution is -2.48. The number of hydrogen-bond donors (Lipinski definition) is 2. The molecule has 1 aliphatic heterocycles. The molecule has 6 nitrogen and oxygen atoms in total. The number of rotatable bonds is 7. The fourth-order valence-corrected chi connectivity index (χ4v) is 5.13. The molecule has 2 aromatic carbocycles. The van der Waals surface area contributed by atoms with Crippen molar-refractivity contribution in [1.82, 2.24) is 15.5 Å². The van der Waals surface area contributed by atoms with Crippen molar-refractivity contribution >= 4 is 39.8 Å². The zero-order chi connectivity index (χ0) is 22.3. The molecule has 1 atom stereocenters. The summed E-state index contributed by atoms with van der Waals surface area (Å²) in [6.07, 6.45) is 4.93. The van der Waals surface area contributed by atoms with Crippen LogP contribution in [0.4, 0.5) is 0 Å². The van der Waals surface area contributed by atoms with Gasteiger partial charge in [-0.3, -0.25) is 9.89 Å². The summed E-state index contributed by atoms with van der Waals surface area (Å²) in [6.45, 7) is 5.36. The first-order chi connectivity index (χ1) is 14.9. The molecule has 0 radical (unpaired) electrons. The second-order valence-electron chi connectivity index (χ2n) is 8.28. The number of nitrogens with one attached hydrogen (secondary N) is 2. The smallest absolute Gasteiger partial charge is 0.191 e. The molecule has 0 saturated carbocycles. The zero-order valence-electron chi connectivity index (χ0n) is 19.2. The molecule has 3 rings (SSSR count). The van der Waals surface area contributed by atoms with Gasteiger partial charge in [0.05, 0.1) is 4.90 Å². The molecule has 176 valence electrons. The van der Waals surface area contributed by atoms with Crippen molar-refractivity contribution in [2.45, 2.75) is 50.2 Å². The lowest BCUT2D eigenvalue weighted by molar-refractivity contribution is 0.141. The topological polar surface area (TPSA) is 73.8 Å². The van der Waals surface area contributed by atoms with Crippen LogP contribution in [0.2, 0.25) is 0 Å². The number of likely N-dealkylation sites (tertiary alicyclic amines) is 1. The molecule has 0 spiro atoms. The van der Waals surface area contributed by atoms with E-state index in [1.54, 1.807) is 13.1 Å². The number of nitrogens with zero attached hydrogens (tertiary/aromatic N) is 2. The maximum atomic E-state index is 11.8. The van der Waals surface area contributed by atoms with Crippen LogP contribution < -0.4 is 10.6 Å². The van der Waals surface area contributed by atoms with Crippen molar-refractivity contribution in [2.24, 2.45) is 4.99 Å². The maximum absolute atomic E-state index is 11.8. The van der Waals surface area contributed by atoms with Crippen molar-refractivity contribution in [2.75, 3.05) is 26.4 Å². The van der Waals surface area contributed by atoms with E-state index in [4.69, 9.17) is 0 Å². The molecule has 0 amide bonds. The minimum atomic E-state index is -3.20. The standard InChI is InChI=1S/C24H34N4O2S.HI/c1-19-15-21(12-13-23(19)31(3,29)30)16-26-24(25-2)27-17-22-11-7-8-14-28(22)18-20-9-5-4-6-10-20;/h4-6,9-10,12-13,15,22H,7-8,11,14,16-18H2,1-3H3,(H2,25,26,27);1H. The van der Waals surface area contributed by atoms with Crippen LogP contribution in [0.15, 0.2) is 58.4 Å². The quantitative estimate of drug-likeness (QED) is 0.302. The normalized spacial score (nSPS) is 17.5. The number of guanidine groups is 1. The van der Waals surface area contributed by atoms with Crippen LogP contribution >= 0.6 is 24.0 Å². The van der Waals surface area contributed by atoms with E-state index in [-0.39, 0.29) is 24.0 Å². The highest BCUT2D eigenvalue weighted by Crippen LogP contribution is 2.19. The van der Waals surface area contributed by atoms with E-state index in [0.29, 0.717) is 17.5 Å². The summed E-state index contributed by atoms with van der Waals surface area (Å²) in [5.74, 6) is 0.759. The second-order valence-corrected chi connectivity index (χ2v) is 10.3. The van der Waals surface area contributed by atoms with Crippen LogP contribution in [-0.4, -0.2) is 51.7 Å². The lowest BCUT2D eigenvalue weighted by Gasteiger charge is -2.36. The number of aryl methyl sites for hydroxylation is 1. The van der Waals surface area contributed by atoms with E-state index >= 15 is 0 Å². The molecule has 8 heteroatoms. The SMILES string of the molecule is CN=C(NCc1ccc(S(C)(=O)=O)c(C)c1)NCC1CCCCN1Cc1ccccc1.I. The van der Waals surface area contributed by atoms with Crippen LogP contribution in [0, 0.1) is 6.92 Å². The summed E-state index contributed by atoms with van der Waals surface area (Å²) in [4.78, 5) is 7.30. The first-order valence-electron chi connectivity index (χ1n) is 10.9. The van der Waals surface area contributed by atoms with Gasteiger partial charge >= 0.3 is 0 Å². The van der Waals surface area contributed by atoms with E-state index in [2.05, 4.69) is 50.9 Å². The molecule has 1 heterocycles. The Balaban J connectivity index is 0.00000363. The first kappa shape index (κ1) is 26.6. The summed E-state index contributed by atoms with van der Waals surface area (Å²) in [5, 5.41) is 6.82. The Morgan fingerprint density at radius 1 is 1.09 bits per heavy atom. The molecular weight excluding hydrogens is 535 g/mol. The zero-order valence-corrected chi connectivity index (χ0v) is 22.3. The maximum Gasteiger partial charge on any atom is 0.191 e. The summed E-state index contributed by atoms with van der Waals surface area (Å²) < 4.78 is 23.6. The van der Waals surface area contributed by atoms with Crippen molar-refractivity contribution < 1.29 is 8.42 Å². The number of piperidine rings is 1. The highest BCUT2D eigenvalue weighted by Gasteiger charge is 2.22. The molecule has 0 aromatic heterocycles. The largest absolute Gasteiger partial charge is 0.355 e. The monoisotopic (exact) mass is 570 g/mol. The Bertz CT molecular complexity index is 996. The molecular formula is C24H35IN4O2S. The molecule has 1 unspecified atom stereocenters. The number of aliphatic imine (C=N–C) groups is 1. The van der Waals surface area contributed by atoms with Gasteiger partial charge in [0.25, 0.3) is 0 Å². The molecule has 1 fully saturated rings. The van der Waals surface area contributed by atoms with Crippen molar-refractivity contribution in [3.63, 3.8) is 0 Å². The van der Waals surface area contributed by atoms with Crippen LogP contribution in [0.5, 0.6) is 0 Å². The van der Waals surface area contributed by atoms with E-state index in [1.165, 1.54) is 31.1 Å². The minimum Gasteiger partial charge on any atom is -0.355 e. The number of sulfone groups is 1. The highest BCUT2D eigenvalue weighted by molar-refractivity contribution is 14.0. The Morgan fingerprint density at radius 3 is 2.50 bits per heavy atom. The number of hydrogen-bond acceptors (Lipinski definition) is 4. The van der Waals surface area contributed by atoms with Crippen LogP contribution in [0.25, 0.3) is 0 Å². The summed E-state index contributed by atoms with van der Waals surface area (Å²) in [5.41, 5.74) is 3.14. The van der Waals surface area contributed by atoms with Gasteiger partial charge in [0.1, 0.15) is 0 Å². The summed E-state index contributed by atoms with van der Waals surface area (Å²) >= 11 is 0. The summed E-state index contributed by atoms with van der Waals surface area (Å²) in [7, 11) is -1.42. The van der Waals surface area contributed by atoms with E-state index in [9.17, 15) is 8.42 Å². The van der Waals surface area contributed by atoms with Crippen LogP contribution in [0.1, 0.15) is 36.0 Å². The van der Waals surface area contributed by atoms with Gasteiger partial charge in [0, 0.05) is 39.0 Å². The fourth-order valence-electron chi connectivity index (χ4n) is 4.18. The van der Waals surface area contributed by atoms with Gasteiger partial charge in [-0.05, 0) is 49.1 Å². The van der Waals surface area contributed by atoms with Crippen molar-refractivity contribution in [1.29, 1.82) is 0 Å². The lowest BCUT2D eigenvalue weighted by atomic mass is 10.0. The third-order valence-electron chi connectivity index (χ3n) is 5.81. The predicted molar refractivity (Wildman–Crippen MR) is 142 cm³/mol. The molecule has 0 aliphatic carbocycles. The average Bonchev–Trinajstić information content (AvgIpc) is 2.75. The molecule has 32 heavy (non-hydrogen) atoms. The second kappa shape index (κ2) is 12.6. The highest BCUT2D eigenvalue weighted by atomic mass is 127. The minimum absolute atomic E-state index is 0. The van der Waals surface area contributed by atoms with Gasteiger partial charge in [0.2, 0.25) is 0 Å². The third-order valence-corrected chi connectivity index (χ3v) is 7.06. The van der Waals surface area contributed by atoms with Crippen molar-refractivity contribution in [3.8, 4) is 0 Å². The number of benzene rings is 2. The van der Waals surface area contributed by atoms with Crippen LogP contribution in [-0.2, 0) is 22.9 Å². The Hall–Kier alpha value is -1.65. The Morgan fingerprint density at radius 2 is 1.84 bits per heavy atom. The molecule has 0 bridgehead atoms. The average molecular weight is 571 g/mol. The predicted octanol–water partition coefficient (Wildman–Crippen LogP) is 3.74. The van der Waals surface area contributed by atoms with E-state index < -0.39 is 9.84 Å². The van der Waals surface area contributed by atoms with Gasteiger partial charge in [-0.25, -0.2) is 8.42 Å².